The van der Waals surface area contributed by atoms with Crippen LogP contribution in [0.25, 0.3) is 0 Å². The number of phenolic OH excluding ortho intramolecular Hbond substituents is 1. The van der Waals surface area contributed by atoms with Gasteiger partial charge in [0, 0.05) is 18.7 Å². The fourth-order valence-electron chi connectivity index (χ4n) is 3.18. The molecule has 2 aromatic carbocycles. The SMILES string of the molecule is CCc1cc(S(=O)(=O)N(CC)CC)cc(NC(=O)c2cc(C)c(O)c(Cl)c2)c1OC. The van der Waals surface area contributed by atoms with Crippen molar-refractivity contribution < 1.29 is 23.1 Å². The first-order chi connectivity index (χ1) is 14.1. The quantitative estimate of drug-likeness (QED) is 0.622. The molecule has 0 saturated carbocycles. The fraction of sp³-hybridized carbons (Fsp3) is 0.381. The van der Waals surface area contributed by atoms with Crippen molar-refractivity contribution in [2.75, 3.05) is 25.5 Å². The van der Waals surface area contributed by atoms with E-state index in [-0.39, 0.29) is 26.9 Å². The number of sulfonamides is 1. The molecule has 2 N–H and O–H groups in total. The Hall–Kier alpha value is -2.29. The van der Waals surface area contributed by atoms with E-state index in [2.05, 4.69) is 5.32 Å². The van der Waals surface area contributed by atoms with Crippen molar-refractivity contribution in [3.8, 4) is 11.5 Å². The molecule has 0 radical (unpaired) electrons. The Morgan fingerprint density at radius 3 is 2.30 bits per heavy atom. The van der Waals surface area contributed by atoms with Gasteiger partial charge in [-0.15, -0.1) is 0 Å². The van der Waals surface area contributed by atoms with Crippen LogP contribution in [0.1, 0.15) is 42.3 Å². The smallest absolute Gasteiger partial charge is 0.255 e. The monoisotopic (exact) mass is 454 g/mol. The Kier molecular flexibility index (Phi) is 7.74. The standard InChI is InChI=1S/C21H27ClN2O5S/c1-6-14-10-16(30(27,28)24(7-2)8-3)12-18(20(14)29-5)23-21(26)15-9-13(4)19(25)17(22)11-15/h9-12,25H,6-8H2,1-5H3,(H,23,26). The van der Waals surface area contributed by atoms with Gasteiger partial charge in [0.1, 0.15) is 11.5 Å². The number of phenols is 1. The van der Waals surface area contributed by atoms with Crippen LogP contribution in [0.2, 0.25) is 5.02 Å². The lowest BCUT2D eigenvalue weighted by Gasteiger charge is -2.21. The summed E-state index contributed by atoms with van der Waals surface area (Å²) < 4.78 is 32.9. The Morgan fingerprint density at radius 2 is 1.80 bits per heavy atom. The van der Waals surface area contributed by atoms with E-state index in [1.165, 1.54) is 29.6 Å². The predicted octanol–water partition coefficient (Wildman–Crippen LogP) is 4.21. The summed E-state index contributed by atoms with van der Waals surface area (Å²) in [7, 11) is -2.27. The summed E-state index contributed by atoms with van der Waals surface area (Å²) in [6.45, 7) is 7.71. The van der Waals surface area contributed by atoms with Gasteiger partial charge in [0.05, 0.1) is 22.7 Å². The summed E-state index contributed by atoms with van der Waals surface area (Å²) in [5, 5.41) is 12.6. The molecular weight excluding hydrogens is 428 g/mol. The van der Waals surface area contributed by atoms with Gasteiger partial charge in [0.15, 0.2) is 0 Å². The van der Waals surface area contributed by atoms with Crippen LogP contribution in [-0.2, 0) is 16.4 Å². The molecule has 0 fully saturated rings. The Morgan fingerprint density at radius 1 is 1.17 bits per heavy atom. The number of hydrogen-bond acceptors (Lipinski definition) is 5. The lowest BCUT2D eigenvalue weighted by Crippen LogP contribution is -2.30. The third-order valence-corrected chi connectivity index (χ3v) is 7.15. The number of benzene rings is 2. The molecule has 7 nitrogen and oxygen atoms in total. The molecule has 0 aliphatic carbocycles. The van der Waals surface area contributed by atoms with E-state index < -0.39 is 15.9 Å². The topological polar surface area (TPSA) is 95.9 Å². The van der Waals surface area contributed by atoms with Crippen molar-refractivity contribution in [3.63, 3.8) is 0 Å². The number of aromatic hydroxyl groups is 1. The minimum Gasteiger partial charge on any atom is -0.506 e. The van der Waals surface area contributed by atoms with Crippen molar-refractivity contribution >= 4 is 33.2 Å². The largest absolute Gasteiger partial charge is 0.506 e. The van der Waals surface area contributed by atoms with E-state index in [1.807, 2.05) is 6.92 Å². The predicted molar refractivity (Wildman–Crippen MR) is 118 cm³/mol. The number of carbonyl (C=O) groups excluding carboxylic acids is 1. The van der Waals surface area contributed by atoms with Gasteiger partial charge in [-0.3, -0.25) is 4.79 Å². The first-order valence-corrected chi connectivity index (χ1v) is 11.4. The van der Waals surface area contributed by atoms with Crippen LogP contribution in [0.3, 0.4) is 0 Å². The van der Waals surface area contributed by atoms with Gasteiger partial charge in [-0.2, -0.15) is 4.31 Å². The number of anilines is 1. The third kappa shape index (κ3) is 4.71. The molecule has 0 heterocycles. The molecule has 1 amide bonds. The average Bonchev–Trinajstić information content (AvgIpc) is 2.71. The van der Waals surface area contributed by atoms with Crippen LogP contribution in [0.4, 0.5) is 5.69 Å². The van der Waals surface area contributed by atoms with Crippen LogP contribution < -0.4 is 10.1 Å². The third-order valence-electron chi connectivity index (χ3n) is 4.83. The van der Waals surface area contributed by atoms with Gasteiger partial charge in [-0.05, 0) is 48.7 Å². The van der Waals surface area contributed by atoms with Gasteiger partial charge >= 0.3 is 0 Å². The molecule has 0 atom stereocenters. The highest BCUT2D eigenvalue weighted by Gasteiger charge is 2.25. The number of methoxy groups -OCH3 is 1. The summed E-state index contributed by atoms with van der Waals surface area (Å²) in [5.41, 5.74) is 1.58. The molecule has 0 aromatic heterocycles. The highest BCUT2D eigenvalue weighted by Crippen LogP contribution is 2.35. The molecule has 0 aliphatic heterocycles. The molecule has 0 bridgehead atoms. The van der Waals surface area contributed by atoms with Crippen LogP contribution in [0, 0.1) is 6.92 Å². The average molecular weight is 455 g/mol. The molecular formula is C21H27ClN2O5S. The van der Waals surface area contributed by atoms with Gasteiger partial charge in [-0.25, -0.2) is 8.42 Å². The highest BCUT2D eigenvalue weighted by atomic mass is 35.5. The second-order valence-corrected chi connectivity index (χ2v) is 9.03. The zero-order valence-corrected chi connectivity index (χ0v) is 19.3. The fourth-order valence-corrected chi connectivity index (χ4v) is 4.98. The number of rotatable bonds is 8. The van der Waals surface area contributed by atoms with E-state index in [0.717, 1.165) is 0 Å². The van der Waals surface area contributed by atoms with Crippen LogP contribution >= 0.6 is 11.6 Å². The maximum Gasteiger partial charge on any atom is 0.255 e. The second-order valence-electron chi connectivity index (χ2n) is 6.68. The number of hydrogen-bond donors (Lipinski definition) is 2. The summed E-state index contributed by atoms with van der Waals surface area (Å²) in [6, 6.07) is 5.82. The first kappa shape index (κ1) is 24.0. The van der Waals surface area contributed by atoms with Crippen molar-refractivity contribution in [1.29, 1.82) is 0 Å². The van der Waals surface area contributed by atoms with E-state index in [0.29, 0.717) is 36.4 Å². The zero-order valence-electron chi connectivity index (χ0n) is 17.7. The van der Waals surface area contributed by atoms with Gasteiger partial charge in [-0.1, -0.05) is 32.4 Å². The number of aryl methyl sites for hydroxylation is 2. The normalized spacial score (nSPS) is 11.6. The molecule has 0 saturated heterocycles. The highest BCUT2D eigenvalue weighted by molar-refractivity contribution is 7.89. The zero-order chi connectivity index (χ0) is 22.6. The molecule has 0 spiro atoms. The Labute approximate surface area is 182 Å². The number of nitrogens with zero attached hydrogens (tertiary/aromatic N) is 1. The summed E-state index contributed by atoms with van der Waals surface area (Å²) >= 11 is 5.98. The number of halogens is 1. The van der Waals surface area contributed by atoms with Crippen molar-refractivity contribution in [2.24, 2.45) is 0 Å². The van der Waals surface area contributed by atoms with Crippen LogP contribution in [0.5, 0.6) is 11.5 Å². The molecule has 0 unspecified atom stereocenters. The van der Waals surface area contributed by atoms with E-state index in [4.69, 9.17) is 16.3 Å². The van der Waals surface area contributed by atoms with E-state index >= 15 is 0 Å². The summed E-state index contributed by atoms with van der Waals surface area (Å²) in [5.74, 6) is -0.199. The lowest BCUT2D eigenvalue weighted by molar-refractivity contribution is 0.102. The maximum absolute atomic E-state index is 13.0. The van der Waals surface area contributed by atoms with Crippen molar-refractivity contribution in [2.45, 2.75) is 39.0 Å². The lowest BCUT2D eigenvalue weighted by atomic mass is 10.1. The number of nitrogens with one attached hydrogen (secondary N) is 1. The Balaban J connectivity index is 2.57. The molecule has 2 rings (SSSR count). The number of amides is 1. The molecule has 0 aliphatic rings. The second kappa shape index (κ2) is 9.68. The first-order valence-electron chi connectivity index (χ1n) is 9.62. The summed E-state index contributed by atoms with van der Waals surface area (Å²) in [6.07, 6.45) is 0.512. The summed E-state index contributed by atoms with van der Waals surface area (Å²) in [4.78, 5) is 12.9. The van der Waals surface area contributed by atoms with Crippen molar-refractivity contribution in [3.05, 3.63) is 46.0 Å². The molecule has 9 heteroatoms. The number of carbonyl (C=O) groups is 1. The Bertz CT molecular complexity index is 1030. The molecule has 164 valence electrons. The number of ether oxygens (including phenoxy) is 1. The maximum atomic E-state index is 13.0. The van der Waals surface area contributed by atoms with Gasteiger partial charge in [0.2, 0.25) is 10.0 Å². The van der Waals surface area contributed by atoms with Gasteiger partial charge in [0.25, 0.3) is 5.91 Å². The van der Waals surface area contributed by atoms with E-state index in [9.17, 15) is 18.3 Å². The van der Waals surface area contributed by atoms with Crippen LogP contribution in [0.15, 0.2) is 29.2 Å². The van der Waals surface area contributed by atoms with Crippen LogP contribution in [-0.4, -0.2) is 43.9 Å². The minimum absolute atomic E-state index is 0.0548. The molecule has 30 heavy (non-hydrogen) atoms. The van der Waals surface area contributed by atoms with E-state index in [1.54, 1.807) is 26.8 Å². The molecule has 2 aromatic rings. The minimum atomic E-state index is -3.73. The van der Waals surface area contributed by atoms with Crippen molar-refractivity contribution in [1.82, 2.24) is 4.31 Å². The van der Waals surface area contributed by atoms with Gasteiger partial charge < -0.3 is 15.2 Å².